The van der Waals surface area contributed by atoms with Crippen LogP contribution >= 0.6 is 7.82 Å². The molecule has 0 saturated heterocycles. The number of carbonyl (C=O) groups is 1. The van der Waals surface area contributed by atoms with Crippen molar-refractivity contribution in [3.8, 4) is 0 Å². The van der Waals surface area contributed by atoms with Crippen molar-refractivity contribution in [3.05, 3.63) is 109 Å². The van der Waals surface area contributed by atoms with E-state index in [9.17, 15) is 19.4 Å². The molecule has 3 N–H and O–H groups in total. The van der Waals surface area contributed by atoms with E-state index in [1.165, 1.54) is 89.9 Å². The minimum atomic E-state index is -4.32. The predicted octanol–water partition coefficient (Wildman–Crippen LogP) is 16.8. The molecule has 0 fully saturated rings. The van der Waals surface area contributed by atoms with Crippen LogP contribution in [0.15, 0.2) is 109 Å². The van der Waals surface area contributed by atoms with Crippen LogP contribution in [0.2, 0.25) is 0 Å². The second-order valence-electron chi connectivity index (χ2n) is 19.6. The minimum Gasteiger partial charge on any atom is -0.391 e. The van der Waals surface area contributed by atoms with Crippen LogP contribution in [0.3, 0.4) is 0 Å². The zero-order valence-electron chi connectivity index (χ0n) is 45.0. The lowest BCUT2D eigenvalue weighted by atomic mass is 10.0. The maximum Gasteiger partial charge on any atom is 0.472 e. The molecule has 0 saturated carbocycles. The number of quaternary nitrogens is 1. The van der Waals surface area contributed by atoms with E-state index >= 15 is 0 Å². The molecular weight excluding hydrogens is 876 g/mol. The van der Waals surface area contributed by atoms with Gasteiger partial charge in [0.05, 0.1) is 39.9 Å². The van der Waals surface area contributed by atoms with Crippen LogP contribution in [0.4, 0.5) is 0 Å². The highest BCUT2D eigenvalue weighted by atomic mass is 31.2. The lowest BCUT2D eigenvalue weighted by Gasteiger charge is -2.26. The van der Waals surface area contributed by atoms with Gasteiger partial charge in [0.15, 0.2) is 0 Å². The summed E-state index contributed by atoms with van der Waals surface area (Å²) in [4.78, 5) is 23.2. The van der Waals surface area contributed by atoms with Crippen LogP contribution in [-0.4, -0.2) is 73.4 Å². The zero-order valence-corrected chi connectivity index (χ0v) is 45.9. The molecule has 9 heteroatoms. The Morgan fingerprint density at radius 3 is 1.28 bits per heavy atom. The molecule has 1 amide bonds. The van der Waals surface area contributed by atoms with Crippen molar-refractivity contribution in [2.24, 2.45) is 0 Å². The molecule has 0 radical (unpaired) electrons. The van der Waals surface area contributed by atoms with Crippen molar-refractivity contribution in [3.63, 3.8) is 0 Å². The minimum absolute atomic E-state index is 0.0694. The number of hydrogen-bond donors (Lipinski definition) is 3. The highest BCUT2D eigenvalue weighted by Crippen LogP contribution is 2.43. The Morgan fingerprint density at radius 2 is 0.870 bits per heavy atom. The van der Waals surface area contributed by atoms with Gasteiger partial charge < -0.3 is 19.8 Å². The van der Waals surface area contributed by atoms with Crippen LogP contribution in [0.25, 0.3) is 0 Å². The first-order valence-electron chi connectivity index (χ1n) is 27.8. The van der Waals surface area contributed by atoms with E-state index in [0.29, 0.717) is 23.9 Å². The molecule has 396 valence electrons. The van der Waals surface area contributed by atoms with Crippen LogP contribution in [0, 0.1) is 0 Å². The number of likely N-dealkylation sites (N-methyl/N-ethyl adjacent to an activating group) is 1. The highest BCUT2D eigenvalue weighted by Gasteiger charge is 2.28. The Hall–Kier alpha value is -2.84. The Morgan fingerprint density at radius 1 is 0.507 bits per heavy atom. The van der Waals surface area contributed by atoms with E-state index in [4.69, 9.17) is 9.05 Å². The number of aliphatic hydroxyl groups is 1. The number of rotatable bonds is 49. The van der Waals surface area contributed by atoms with Gasteiger partial charge in [0, 0.05) is 6.42 Å². The molecule has 0 aromatic rings. The number of aliphatic hydroxyl groups excluding tert-OH is 1. The van der Waals surface area contributed by atoms with Gasteiger partial charge in [0.1, 0.15) is 13.2 Å². The lowest BCUT2D eigenvalue weighted by molar-refractivity contribution is -0.870. The summed E-state index contributed by atoms with van der Waals surface area (Å²) in [6.07, 6.45) is 73.1. The third kappa shape index (κ3) is 52.8. The Balaban J connectivity index is 3.97. The Kier molecular flexibility index (Phi) is 48.1. The number of nitrogens with one attached hydrogen (secondary N) is 1. The van der Waals surface area contributed by atoms with E-state index in [1.807, 2.05) is 21.1 Å². The lowest BCUT2D eigenvalue weighted by Crippen LogP contribution is -2.46. The fourth-order valence-corrected chi connectivity index (χ4v) is 8.19. The topological polar surface area (TPSA) is 105 Å². The summed E-state index contributed by atoms with van der Waals surface area (Å²) < 4.78 is 23.6. The molecular formula is C60H106N2O6P+. The number of carbonyl (C=O) groups excluding carboxylic acids is 1. The van der Waals surface area contributed by atoms with E-state index in [1.54, 1.807) is 0 Å². The standard InChI is InChI=1S/C60H105N2O6P/c1-6-8-10-12-14-16-17-18-19-20-21-22-23-24-25-26-27-28-29-30-31-32-33-34-35-36-37-38-39-40-41-42-43-44-45-46-48-50-52-54-60(64)61-58(57-68-69(65,66)67-56-55-62(3,4)5)59(63)53-51-49-47-15-13-11-9-7-2/h8,10,14,16,18-19,21-22,24-25,27-28,30-31,33-34,36-37,58-59,63H,6-7,9,11-13,15,17,20,23,26,29,32,35,38-57H2,1-5H3,(H-,61,64,65,66)/p+1/b10-8-,16-14-,19-18-,22-21-,25-24-,28-27-,31-30-,34-33-,37-36-. The Bertz CT molecular complexity index is 1490. The summed E-state index contributed by atoms with van der Waals surface area (Å²) in [7, 11) is 1.60. The van der Waals surface area contributed by atoms with Crippen molar-refractivity contribution in [2.45, 2.75) is 225 Å². The van der Waals surface area contributed by atoms with Gasteiger partial charge >= 0.3 is 7.82 Å². The Labute approximate surface area is 425 Å². The molecule has 3 atom stereocenters. The third-order valence-electron chi connectivity index (χ3n) is 11.8. The number of phosphoric ester groups is 1. The van der Waals surface area contributed by atoms with Crippen molar-refractivity contribution < 1.29 is 32.9 Å². The normalized spacial score (nSPS) is 14.8. The van der Waals surface area contributed by atoms with Crippen molar-refractivity contribution in [2.75, 3.05) is 40.9 Å². The summed E-state index contributed by atoms with van der Waals surface area (Å²) in [5, 5.41) is 13.9. The van der Waals surface area contributed by atoms with E-state index < -0.39 is 20.0 Å². The van der Waals surface area contributed by atoms with Gasteiger partial charge in [-0.3, -0.25) is 13.8 Å². The number of unbranched alkanes of at least 4 members (excludes halogenated alkanes) is 18. The maximum absolute atomic E-state index is 12.9. The molecule has 0 heterocycles. The summed E-state index contributed by atoms with van der Waals surface area (Å²) in [5.41, 5.74) is 0. The van der Waals surface area contributed by atoms with Gasteiger partial charge in [0.2, 0.25) is 5.91 Å². The van der Waals surface area contributed by atoms with Crippen LogP contribution in [0.1, 0.15) is 213 Å². The van der Waals surface area contributed by atoms with Crippen molar-refractivity contribution in [1.82, 2.24) is 5.32 Å². The molecule has 0 aromatic heterocycles. The van der Waals surface area contributed by atoms with E-state index in [0.717, 1.165) is 96.3 Å². The smallest absolute Gasteiger partial charge is 0.391 e. The number of nitrogens with zero attached hydrogens (tertiary/aromatic N) is 1. The van der Waals surface area contributed by atoms with Gasteiger partial charge in [-0.05, 0) is 83.5 Å². The molecule has 0 spiro atoms. The third-order valence-corrected chi connectivity index (χ3v) is 12.8. The SMILES string of the molecule is CC/C=C\C/C=C\C/C=C\C/C=C\C/C=C\C/C=C\C/C=C\C/C=C\C/C=C\CCCCCCCCCCCCCC(=O)NC(COP(=O)(O)OCC[N+](C)(C)C)C(O)CCCCCCCCCC. The van der Waals surface area contributed by atoms with Gasteiger partial charge in [-0.15, -0.1) is 0 Å². The second kappa shape index (κ2) is 50.1. The molecule has 0 aromatic carbocycles. The average Bonchev–Trinajstić information content (AvgIpc) is 3.31. The molecule has 0 aliphatic carbocycles. The highest BCUT2D eigenvalue weighted by molar-refractivity contribution is 7.47. The van der Waals surface area contributed by atoms with Crippen molar-refractivity contribution in [1.29, 1.82) is 0 Å². The fourth-order valence-electron chi connectivity index (χ4n) is 7.45. The second-order valence-corrected chi connectivity index (χ2v) is 21.0. The molecule has 8 nitrogen and oxygen atoms in total. The summed E-state index contributed by atoms with van der Waals surface area (Å²) >= 11 is 0. The quantitative estimate of drug-likeness (QED) is 0.0243. The maximum atomic E-state index is 12.9. The average molecular weight is 982 g/mol. The van der Waals surface area contributed by atoms with Crippen molar-refractivity contribution >= 4 is 13.7 Å². The first-order valence-corrected chi connectivity index (χ1v) is 29.2. The molecule has 3 unspecified atom stereocenters. The van der Waals surface area contributed by atoms with Gasteiger partial charge in [-0.2, -0.15) is 0 Å². The van der Waals surface area contributed by atoms with Gasteiger partial charge in [-0.1, -0.05) is 232 Å². The monoisotopic (exact) mass is 982 g/mol. The van der Waals surface area contributed by atoms with Gasteiger partial charge in [0.25, 0.3) is 0 Å². The first-order chi connectivity index (χ1) is 33.5. The number of hydrogen-bond acceptors (Lipinski definition) is 5. The van der Waals surface area contributed by atoms with Crippen LogP contribution < -0.4 is 5.32 Å². The van der Waals surface area contributed by atoms with Gasteiger partial charge in [-0.25, -0.2) is 4.57 Å². The van der Waals surface area contributed by atoms with E-state index in [2.05, 4.69) is 129 Å². The molecule has 0 aliphatic heterocycles. The first kappa shape index (κ1) is 66.2. The fraction of sp³-hybridized carbons (Fsp3) is 0.683. The number of amides is 1. The van der Waals surface area contributed by atoms with Crippen LogP contribution in [0.5, 0.6) is 0 Å². The largest absolute Gasteiger partial charge is 0.472 e. The molecule has 0 rings (SSSR count). The van der Waals surface area contributed by atoms with Crippen LogP contribution in [-0.2, 0) is 18.4 Å². The molecule has 0 aliphatic rings. The summed E-state index contributed by atoms with van der Waals surface area (Å²) in [5.74, 6) is -0.156. The number of phosphoric acid groups is 1. The predicted molar refractivity (Wildman–Crippen MR) is 299 cm³/mol. The molecule has 69 heavy (non-hydrogen) atoms. The zero-order chi connectivity index (χ0) is 50.6. The molecule has 0 bridgehead atoms. The summed E-state index contributed by atoms with van der Waals surface area (Å²) in [6, 6.07) is -0.766. The number of allylic oxidation sites excluding steroid dienone is 18. The summed E-state index contributed by atoms with van der Waals surface area (Å²) in [6.45, 7) is 4.72. The van der Waals surface area contributed by atoms with E-state index in [-0.39, 0.29) is 19.1 Å².